The second-order valence-corrected chi connectivity index (χ2v) is 7.41. The van der Waals surface area contributed by atoms with Crippen molar-refractivity contribution in [2.24, 2.45) is 0 Å². The molecule has 0 aliphatic carbocycles. The van der Waals surface area contributed by atoms with Crippen molar-refractivity contribution >= 4 is 50.9 Å². The van der Waals surface area contributed by atoms with Gasteiger partial charge in [0, 0.05) is 20.3 Å². The van der Waals surface area contributed by atoms with Crippen LogP contribution in [-0.2, 0) is 12.2 Å². The predicted molar refractivity (Wildman–Crippen MR) is 97.3 cm³/mol. The first-order valence-corrected chi connectivity index (χ1v) is 9.28. The number of benzene rings is 2. The molecule has 1 aromatic heterocycles. The van der Waals surface area contributed by atoms with E-state index in [0.717, 1.165) is 15.6 Å². The van der Waals surface area contributed by atoms with Gasteiger partial charge in [0.25, 0.3) is 5.22 Å². The van der Waals surface area contributed by atoms with Crippen LogP contribution < -0.4 is 0 Å². The fourth-order valence-electron chi connectivity index (χ4n) is 1.95. The largest absolute Gasteiger partial charge is 0.416 e. The van der Waals surface area contributed by atoms with Crippen molar-refractivity contribution in [2.45, 2.75) is 17.4 Å². The van der Waals surface area contributed by atoms with Crippen LogP contribution in [0.2, 0.25) is 10.0 Å². The zero-order chi connectivity index (χ0) is 16.2. The Bertz CT molecular complexity index is 788. The van der Waals surface area contributed by atoms with Gasteiger partial charge in [-0.25, -0.2) is 0 Å². The molecule has 0 bridgehead atoms. The van der Waals surface area contributed by atoms with Crippen molar-refractivity contribution in [3.05, 3.63) is 74.0 Å². The molecule has 3 rings (SSSR count). The van der Waals surface area contributed by atoms with Crippen LogP contribution in [0, 0.1) is 0 Å². The SMILES string of the molecule is Clc1cccc(Cl)c1CSc1nnc(Cc2ccc(Br)cc2)o1. The quantitative estimate of drug-likeness (QED) is 0.464. The monoisotopic (exact) mass is 428 g/mol. The van der Waals surface area contributed by atoms with Crippen molar-refractivity contribution in [2.75, 3.05) is 0 Å². The summed E-state index contributed by atoms with van der Waals surface area (Å²) in [6.07, 6.45) is 0.605. The summed E-state index contributed by atoms with van der Waals surface area (Å²) in [7, 11) is 0. The molecule has 3 aromatic rings. The van der Waals surface area contributed by atoms with Gasteiger partial charge in [-0.05, 0) is 35.4 Å². The Balaban J connectivity index is 1.64. The molecule has 0 amide bonds. The van der Waals surface area contributed by atoms with Gasteiger partial charge in [0.1, 0.15) is 0 Å². The lowest BCUT2D eigenvalue weighted by atomic mass is 10.2. The summed E-state index contributed by atoms with van der Waals surface area (Å²) in [5.74, 6) is 1.17. The Morgan fingerprint density at radius 3 is 2.39 bits per heavy atom. The molecule has 7 heteroatoms. The van der Waals surface area contributed by atoms with Gasteiger partial charge in [0.2, 0.25) is 5.89 Å². The van der Waals surface area contributed by atoms with E-state index in [2.05, 4.69) is 26.1 Å². The molecule has 0 fully saturated rings. The first-order chi connectivity index (χ1) is 11.1. The van der Waals surface area contributed by atoms with Crippen molar-refractivity contribution < 1.29 is 4.42 Å². The third-order valence-electron chi connectivity index (χ3n) is 3.12. The van der Waals surface area contributed by atoms with Gasteiger partial charge in [0.05, 0.1) is 6.42 Å². The molecule has 1 heterocycles. The highest BCUT2D eigenvalue weighted by molar-refractivity contribution is 9.10. The standard InChI is InChI=1S/C16H11BrCl2N2OS/c17-11-6-4-10(5-7-11)8-15-20-21-16(22-15)23-9-12-13(18)2-1-3-14(12)19/h1-7H,8-9H2. The van der Waals surface area contributed by atoms with Gasteiger partial charge in [0.15, 0.2) is 0 Å². The fraction of sp³-hybridized carbons (Fsp3) is 0.125. The highest BCUT2D eigenvalue weighted by Gasteiger charge is 2.11. The summed E-state index contributed by atoms with van der Waals surface area (Å²) in [5, 5.41) is 9.92. The third-order valence-corrected chi connectivity index (χ3v) is 5.20. The molecule has 3 nitrogen and oxygen atoms in total. The van der Waals surface area contributed by atoms with Crippen molar-refractivity contribution in [1.82, 2.24) is 10.2 Å². The number of hydrogen-bond donors (Lipinski definition) is 0. The molecule has 0 aliphatic heterocycles. The molecule has 0 unspecified atom stereocenters. The minimum absolute atomic E-state index is 0.507. The Labute approximate surface area is 156 Å². The summed E-state index contributed by atoms with van der Waals surface area (Å²) in [6.45, 7) is 0. The maximum atomic E-state index is 6.15. The zero-order valence-corrected chi connectivity index (χ0v) is 15.7. The van der Waals surface area contributed by atoms with Crippen LogP contribution in [0.5, 0.6) is 0 Å². The molecule has 23 heavy (non-hydrogen) atoms. The third kappa shape index (κ3) is 4.51. The number of hydrogen-bond acceptors (Lipinski definition) is 4. The average Bonchev–Trinajstić information content (AvgIpc) is 2.97. The van der Waals surface area contributed by atoms with E-state index in [4.69, 9.17) is 27.6 Å². The van der Waals surface area contributed by atoms with Crippen LogP contribution in [0.1, 0.15) is 17.0 Å². The maximum Gasteiger partial charge on any atom is 0.276 e. The van der Waals surface area contributed by atoms with Crippen LogP contribution in [-0.4, -0.2) is 10.2 Å². The van der Waals surface area contributed by atoms with Gasteiger partial charge in [-0.2, -0.15) is 0 Å². The first-order valence-electron chi connectivity index (χ1n) is 6.74. The molecular formula is C16H11BrCl2N2OS. The van der Waals surface area contributed by atoms with Crippen LogP contribution in [0.25, 0.3) is 0 Å². The second kappa shape index (κ2) is 7.71. The van der Waals surface area contributed by atoms with Gasteiger partial charge < -0.3 is 4.42 Å². The Morgan fingerprint density at radius 2 is 1.70 bits per heavy atom. The maximum absolute atomic E-state index is 6.15. The zero-order valence-electron chi connectivity index (χ0n) is 11.8. The van der Waals surface area contributed by atoms with E-state index >= 15 is 0 Å². The smallest absolute Gasteiger partial charge is 0.276 e. The molecule has 118 valence electrons. The lowest BCUT2D eigenvalue weighted by Gasteiger charge is -2.04. The molecule has 0 atom stereocenters. The number of aromatic nitrogens is 2. The fourth-order valence-corrected chi connectivity index (χ4v) is 3.74. The number of halogens is 3. The van der Waals surface area contributed by atoms with E-state index in [1.54, 1.807) is 0 Å². The molecular weight excluding hydrogens is 419 g/mol. The minimum atomic E-state index is 0.507. The Kier molecular flexibility index (Phi) is 5.64. The average molecular weight is 430 g/mol. The predicted octanol–water partition coefficient (Wildman–Crippen LogP) is 6.02. The first kappa shape index (κ1) is 16.8. The van der Waals surface area contributed by atoms with Crippen LogP contribution >= 0.6 is 50.9 Å². The minimum Gasteiger partial charge on any atom is -0.416 e. The summed E-state index contributed by atoms with van der Waals surface area (Å²) in [5.41, 5.74) is 1.98. The number of thioether (sulfide) groups is 1. The molecule has 0 aliphatic rings. The highest BCUT2D eigenvalue weighted by Crippen LogP contribution is 2.31. The van der Waals surface area contributed by atoms with Gasteiger partial charge in [-0.3, -0.25) is 0 Å². The Hall–Kier alpha value is -1.01. The topological polar surface area (TPSA) is 38.9 Å². The van der Waals surface area contributed by atoms with Crippen molar-refractivity contribution in [3.63, 3.8) is 0 Å². The molecule has 0 radical (unpaired) electrons. The lowest BCUT2D eigenvalue weighted by molar-refractivity contribution is 0.420. The molecule has 2 aromatic carbocycles. The Morgan fingerprint density at radius 1 is 1.00 bits per heavy atom. The van der Waals surface area contributed by atoms with E-state index in [1.807, 2.05) is 42.5 Å². The second-order valence-electron chi connectivity index (χ2n) is 4.75. The van der Waals surface area contributed by atoms with E-state index in [9.17, 15) is 0 Å². The molecule has 0 N–H and O–H groups in total. The van der Waals surface area contributed by atoms with E-state index in [0.29, 0.717) is 33.3 Å². The van der Waals surface area contributed by atoms with Crippen LogP contribution in [0.3, 0.4) is 0 Å². The molecule has 0 spiro atoms. The highest BCUT2D eigenvalue weighted by atomic mass is 79.9. The van der Waals surface area contributed by atoms with Gasteiger partial charge >= 0.3 is 0 Å². The summed E-state index contributed by atoms with van der Waals surface area (Å²) in [6, 6.07) is 13.5. The van der Waals surface area contributed by atoms with Gasteiger partial charge in [-0.15, -0.1) is 10.2 Å². The summed E-state index contributed by atoms with van der Waals surface area (Å²) >= 11 is 17.1. The van der Waals surface area contributed by atoms with Crippen LogP contribution in [0.4, 0.5) is 0 Å². The van der Waals surface area contributed by atoms with Gasteiger partial charge in [-0.1, -0.05) is 69.1 Å². The van der Waals surface area contributed by atoms with Crippen molar-refractivity contribution in [1.29, 1.82) is 0 Å². The normalized spacial score (nSPS) is 10.9. The summed E-state index contributed by atoms with van der Waals surface area (Å²) in [4.78, 5) is 0. The lowest BCUT2D eigenvalue weighted by Crippen LogP contribution is -1.87. The van der Waals surface area contributed by atoms with E-state index in [-0.39, 0.29) is 0 Å². The number of nitrogens with zero attached hydrogens (tertiary/aromatic N) is 2. The van der Waals surface area contributed by atoms with E-state index < -0.39 is 0 Å². The van der Waals surface area contributed by atoms with E-state index in [1.165, 1.54) is 11.8 Å². The van der Waals surface area contributed by atoms with Crippen molar-refractivity contribution in [3.8, 4) is 0 Å². The molecule has 0 saturated carbocycles. The molecule has 0 saturated heterocycles. The summed E-state index contributed by atoms with van der Waals surface area (Å²) < 4.78 is 6.70. The van der Waals surface area contributed by atoms with Crippen LogP contribution in [0.15, 0.2) is 56.6 Å². The number of rotatable bonds is 5.